The predicted molar refractivity (Wildman–Crippen MR) is 116 cm³/mol. The molecule has 0 radical (unpaired) electrons. The fourth-order valence-corrected chi connectivity index (χ4v) is 3.00. The van der Waals surface area contributed by atoms with Crippen molar-refractivity contribution in [3.8, 4) is 12.1 Å². The van der Waals surface area contributed by atoms with Crippen molar-refractivity contribution in [1.82, 2.24) is 0 Å². The zero-order valence-electron chi connectivity index (χ0n) is 16.0. The number of nitriles is 2. The molecule has 0 spiro atoms. The maximum atomic E-state index is 9.60. The molecule has 0 amide bonds. The molecule has 0 bridgehead atoms. The van der Waals surface area contributed by atoms with Gasteiger partial charge in [0.15, 0.2) is 0 Å². The van der Waals surface area contributed by atoms with Crippen LogP contribution in [0.3, 0.4) is 0 Å². The van der Waals surface area contributed by atoms with E-state index in [9.17, 15) is 10.5 Å². The van der Waals surface area contributed by atoms with Crippen LogP contribution in [-0.4, -0.2) is 0 Å². The predicted octanol–water partition coefficient (Wildman–Crippen LogP) is 6.43. The van der Waals surface area contributed by atoms with Crippen molar-refractivity contribution in [2.24, 2.45) is 0 Å². The SMILES string of the molecule is Cc1ccccc1/C=C(\C#N)c1ccc(/C(C#N)=C/c2ccccc2C)cc1. The second-order valence-corrected chi connectivity index (χ2v) is 6.63. The van der Waals surface area contributed by atoms with Gasteiger partial charge in [0.2, 0.25) is 0 Å². The fourth-order valence-electron chi connectivity index (χ4n) is 3.00. The van der Waals surface area contributed by atoms with Crippen LogP contribution in [0.25, 0.3) is 23.3 Å². The highest BCUT2D eigenvalue weighted by Crippen LogP contribution is 2.24. The monoisotopic (exact) mass is 360 g/mol. The number of nitrogens with zero attached hydrogens (tertiary/aromatic N) is 2. The Hall–Kier alpha value is -3.88. The topological polar surface area (TPSA) is 47.6 Å². The Balaban J connectivity index is 1.94. The molecule has 2 nitrogen and oxygen atoms in total. The van der Waals surface area contributed by atoms with E-state index in [2.05, 4.69) is 12.1 Å². The van der Waals surface area contributed by atoms with Gasteiger partial charge in [0.25, 0.3) is 0 Å². The number of hydrogen-bond donors (Lipinski definition) is 0. The summed E-state index contributed by atoms with van der Waals surface area (Å²) in [7, 11) is 0. The van der Waals surface area contributed by atoms with E-state index in [0.717, 1.165) is 33.4 Å². The van der Waals surface area contributed by atoms with Crippen LogP contribution in [0.2, 0.25) is 0 Å². The lowest BCUT2D eigenvalue weighted by Crippen LogP contribution is -1.88. The number of rotatable bonds is 4. The first-order valence-electron chi connectivity index (χ1n) is 9.08. The highest BCUT2D eigenvalue weighted by molar-refractivity contribution is 5.93. The molecule has 3 rings (SSSR count). The van der Waals surface area contributed by atoms with Crippen LogP contribution in [0.5, 0.6) is 0 Å². The fraction of sp³-hybridized carbons (Fsp3) is 0.0769. The van der Waals surface area contributed by atoms with Crippen molar-refractivity contribution in [3.63, 3.8) is 0 Å². The molecule has 0 N–H and O–H groups in total. The minimum Gasteiger partial charge on any atom is -0.192 e. The Morgan fingerprint density at radius 1 is 0.607 bits per heavy atom. The van der Waals surface area contributed by atoms with Crippen molar-refractivity contribution in [2.45, 2.75) is 13.8 Å². The number of hydrogen-bond acceptors (Lipinski definition) is 2. The lowest BCUT2D eigenvalue weighted by atomic mass is 9.97. The Kier molecular flexibility index (Phi) is 5.85. The molecule has 0 aliphatic carbocycles. The van der Waals surface area contributed by atoms with Gasteiger partial charge in [-0.3, -0.25) is 0 Å². The minimum atomic E-state index is 0.599. The van der Waals surface area contributed by atoms with Crippen LogP contribution in [0.1, 0.15) is 33.4 Å². The van der Waals surface area contributed by atoms with Gasteiger partial charge in [0, 0.05) is 0 Å². The van der Waals surface area contributed by atoms with Crippen molar-refractivity contribution < 1.29 is 0 Å². The summed E-state index contributed by atoms with van der Waals surface area (Å²) in [6.45, 7) is 4.05. The summed E-state index contributed by atoms with van der Waals surface area (Å²) in [5, 5.41) is 19.2. The lowest BCUT2D eigenvalue weighted by Gasteiger charge is -2.05. The van der Waals surface area contributed by atoms with E-state index in [0.29, 0.717) is 11.1 Å². The smallest absolute Gasteiger partial charge is 0.0998 e. The van der Waals surface area contributed by atoms with Crippen molar-refractivity contribution >= 4 is 23.3 Å². The van der Waals surface area contributed by atoms with Crippen LogP contribution in [-0.2, 0) is 0 Å². The summed E-state index contributed by atoms with van der Waals surface area (Å²) in [4.78, 5) is 0. The van der Waals surface area contributed by atoms with Gasteiger partial charge in [0.05, 0.1) is 23.3 Å². The van der Waals surface area contributed by atoms with Gasteiger partial charge < -0.3 is 0 Å². The molecule has 134 valence electrons. The summed E-state index contributed by atoms with van der Waals surface area (Å²) >= 11 is 0. The van der Waals surface area contributed by atoms with E-state index < -0.39 is 0 Å². The summed E-state index contributed by atoms with van der Waals surface area (Å²) in [6, 6.07) is 28.1. The van der Waals surface area contributed by atoms with E-state index in [4.69, 9.17) is 0 Å². The quantitative estimate of drug-likeness (QED) is 0.397. The molecule has 0 aliphatic heterocycles. The van der Waals surface area contributed by atoms with Crippen molar-refractivity contribution in [2.75, 3.05) is 0 Å². The summed E-state index contributed by atoms with van der Waals surface area (Å²) in [6.07, 6.45) is 3.80. The number of allylic oxidation sites excluding steroid dienone is 2. The molecular formula is C26H20N2. The van der Waals surface area contributed by atoms with E-state index in [1.54, 1.807) is 0 Å². The maximum absolute atomic E-state index is 9.60. The van der Waals surface area contributed by atoms with Crippen LogP contribution < -0.4 is 0 Å². The van der Waals surface area contributed by atoms with Crippen LogP contribution >= 0.6 is 0 Å². The molecule has 0 aliphatic rings. The molecule has 0 saturated carbocycles. The molecule has 2 heteroatoms. The van der Waals surface area contributed by atoms with E-state index in [-0.39, 0.29) is 0 Å². The van der Waals surface area contributed by atoms with Gasteiger partial charge in [0.1, 0.15) is 0 Å². The third-order valence-electron chi connectivity index (χ3n) is 4.72. The third-order valence-corrected chi connectivity index (χ3v) is 4.72. The van der Waals surface area contributed by atoms with E-state index in [1.807, 2.05) is 98.8 Å². The zero-order valence-corrected chi connectivity index (χ0v) is 16.0. The second-order valence-electron chi connectivity index (χ2n) is 6.63. The third kappa shape index (κ3) is 4.26. The van der Waals surface area contributed by atoms with Gasteiger partial charge in [-0.15, -0.1) is 0 Å². The zero-order chi connectivity index (χ0) is 19.9. The highest BCUT2D eigenvalue weighted by atomic mass is 14.3. The van der Waals surface area contributed by atoms with E-state index in [1.165, 1.54) is 0 Å². The van der Waals surface area contributed by atoms with Crippen LogP contribution in [0.15, 0.2) is 72.8 Å². The first kappa shape index (κ1) is 18.9. The first-order valence-corrected chi connectivity index (χ1v) is 9.08. The van der Waals surface area contributed by atoms with Gasteiger partial charge in [-0.25, -0.2) is 0 Å². The lowest BCUT2D eigenvalue weighted by molar-refractivity contribution is 1.44. The molecule has 0 atom stereocenters. The van der Waals surface area contributed by atoms with Gasteiger partial charge in [-0.1, -0.05) is 72.8 Å². The Labute approximate surface area is 166 Å². The largest absolute Gasteiger partial charge is 0.192 e. The highest BCUT2D eigenvalue weighted by Gasteiger charge is 2.06. The molecule has 28 heavy (non-hydrogen) atoms. The molecule has 0 unspecified atom stereocenters. The molecule has 0 heterocycles. The molecule has 3 aromatic rings. The number of aryl methyl sites for hydroxylation is 2. The Morgan fingerprint density at radius 3 is 1.29 bits per heavy atom. The Bertz CT molecular complexity index is 1040. The molecule has 0 aromatic heterocycles. The second kappa shape index (κ2) is 8.67. The molecular weight excluding hydrogens is 340 g/mol. The average molecular weight is 360 g/mol. The molecule has 0 fully saturated rings. The maximum Gasteiger partial charge on any atom is 0.0998 e. The summed E-state index contributed by atoms with van der Waals surface area (Å²) in [5.74, 6) is 0. The first-order chi connectivity index (χ1) is 13.6. The molecule has 0 saturated heterocycles. The van der Waals surface area contributed by atoms with Gasteiger partial charge >= 0.3 is 0 Å². The van der Waals surface area contributed by atoms with Crippen molar-refractivity contribution in [1.29, 1.82) is 10.5 Å². The van der Waals surface area contributed by atoms with Gasteiger partial charge in [-0.2, -0.15) is 10.5 Å². The van der Waals surface area contributed by atoms with Crippen molar-refractivity contribution in [3.05, 3.63) is 106 Å². The minimum absolute atomic E-state index is 0.599. The summed E-state index contributed by atoms with van der Waals surface area (Å²) < 4.78 is 0. The van der Waals surface area contributed by atoms with Crippen LogP contribution in [0.4, 0.5) is 0 Å². The van der Waals surface area contributed by atoms with E-state index >= 15 is 0 Å². The molecule has 3 aromatic carbocycles. The number of benzene rings is 3. The van der Waals surface area contributed by atoms with Crippen LogP contribution in [0, 0.1) is 36.5 Å². The normalized spacial score (nSPS) is 11.6. The standard InChI is InChI=1S/C26H20N2/c1-19-7-3-5-9-23(19)15-25(17-27)21-11-13-22(14-12-21)26(18-28)16-24-10-6-4-8-20(24)2/h3-16H,1-2H3/b25-15+,26-16+. The summed E-state index contributed by atoms with van der Waals surface area (Å²) in [5.41, 5.74) is 7.18. The van der Waals surface area contributed by atoms with Gasteiger partial charge in [-0.05, 0) is 59.4 Å². The average Bonchev–Trinajstić information content (AvgIpc) is 2.73. The Morgan fingerprint density at radius 2 is 0.964 bits per heavy atom.